The number of nitrogens with one attached hydrogen (secondary N) is 3. The van der Waals surface area contributed by atoms with Gasteiger partial charge < -0.3 is 20.5 Å². The van der Waals surface area contributed by atoms with Crippen molar-refractivity contribution in [2.24, 2.45) is 5.92 Å². The third kappa shape index (κ3) is 3.38. The Balaban J connectivity index is 1.20. The molecule has 4 rings (SSSR count). The number of benzene rings is 1. The van der Waals surface area contributed by atoms with Gasteiger partial charge >= 0.3 is 0 Å². The van der Waals surface area contributed by atoms with Crippen LogP contribution in [0.4, 0.5) is 0 Å². The normalized spacial score (nSPS) is 18.8. The largest absolute Gasteiger partial charge is 0.370 e. The van der Waals surface area contributed by atoms with Crippen LogP contribution in [0.15, 0.2) is 54.1 Å². The van der Waals surface area contributed by atoms with Crippen LogP contribution < -0.4 is 16.0 Å². The molecule has 0 fully saturated rings. The quantitative estimate of drug-likeness (QED) is 0.704. The second-order valence-corrected chi connectivity index (χ2v) is 6.52. The lowest BCUT2D eigenvalue weighted by molar-refractivity contribution is -0.123. The summed E-state index contributed by atoms with van der Waals surface area (Å²) in [7, 11) is 0. The number of hydrogen-bond acceptors (Lipinski definition) is 4. The number of amides is 1. The fourth-order valence-corrected chi connectivity index (χ4v) is 3.41. The molecule has 2 heterocycles. The summed E-state index contributed by atoms with van der Waals surface area (Å²) >= 11 is 0. The number of imidazole rings is 1. The molecule has 130 valence electrons. The Kier molecular flexibility index (Phi) is 4.41. The van der Waals surface area contributed by atoms with Crippen molar-refractivity contribution in [2.75, 3.05) is 13.2 Å². The molecule has 0 saturated carbocycles. The van der Waals surface area contributed by atoms with Crippen molar-refractivity contribution in [3.63, 3.8) is 0 Å². The van der Waals surface area contributed by atoms with E-state index in [1.807, 2.05) is 36.7 Å². The van der Waals surface area contributed by atoms with Crippen LogP contribution in [0, 0.1) is 5.92 Å². The van der Waals surface area contributed by atoms with Crippen molar-refractivity contribution in [1.29, 1.82) is 0 Å². The zero-order valence-electron chi connectivity index (χ0n) is 14.2. The number of unbranched alkanes of at least 4 members (excludes halogenated alkanes) is 1. The van der Waals surface area contributed by atoms with Gasteiger partial charge in [0.2, 0.25) is 5.91 Å². The van der Waals surface area contributed by atoms with E-state index in [4.69, 9.17) is 0 Å². The van der Waals surface area contributed by atoms with E-state index in [-0.39, 0.29) is 11.8 Å². The minimum Gasteiger partial charge on any atom is -0.370 e. The lowest BCUT2D eigenvalue weighted by atomic mass is 9.96. The Morgan fingerprint density at radius 2 is 2.20 bits per heavy atom. The smallest absolute Gasteiger partial charge is 0.227 e. The number of carbonyl (C=O) groups is 1. The maximum atomic E-state index is 12.3. The SMILES string of the molecule is O=C(NCCCCn1cnc2ccccc21)C1C=CC2=C(C1)NCN2. The molecule has 6 heteroatoms. The van der Waals surface area contributed by atoms with E-state index in [0.717, 1.165) is 49.4 Å². The molecule has 0 radical (unpaired) electrons. The molecular formula is C19H23N5O. The van der Waals surface area contributed by atoms with Crippen molar-refractivity contribution >= 4 is 16.9 Å². The Morgan fingerprint density at radius 3 is 3.16 bits per heavy atom. The standard InChI is InChI=1S/C19H23N5O/c25-19(14-7-8-15-17(11-14)22-12-21-15)20-9-3-4-10-24-13-23-16-5-1-2-6-18(16)24/h1-2,5-8,13-14,21-22H,3-4,9-12H2,(H,20,25). The molecule has 1 aliphatic carbocycles. The first kappa shape index (κ1) is 15.7. The second-order valence-electron chi connectivity index (χ2n) is 6.52. The topological polar surface area (TPSA) is 71.0 Å². The fourth-order valence-electron chi connectivity index (χ4n) is 3.41. The maximum absolute atomic E-state index is 12.3. The van der Waals surface area contributed by atoms with Gasteiger partial charge in [-0.05, 0) is 31.1 Å². The van der Waals surface area contributed by atoms with Crippen LogP contribution in [0.3, 0.4) is 0 Å². The van der Waals surface area contributed by atoms with Gasteiger partial charge in [-0.15, -0.1) is 0 Å². The summed E-state index contributed by atoms with van der Waals surface area (Å²) in [6.45, 7) is 2.39. The van der Waals surface area contributed by atoms with Gasteiger partial charge in [0.05, 0.1) is 35.6 Å². The van der Waals surface area contributed by atoms with Crippen LogP contribution in [-0.2, 0) is 11.3 Å². The highest BCUT2D eigenvalue weighted by Crippen LogP contribution is 2.22. The zero-order chi connectivity index (χ0) is 17.1. The number of aromatic nitrogens is 2. The predicted octanol–water partition coefficient (Wildman–Crippen LogP) is 1.87. The molecule has 0 saturated heterocycles. The number of nitrogens with zero attached hydrogens (tertiary/aromatic N) is 2. The average Bonchev–Trinajstić information content (AvgIpc) is 3.27. The Morgan fingerprint density at radius 1 is 1.28 bits per heavy atom. The third-order valence-corrected chi connectivity index (χ3v) is 4.81. The summed E-state index contributed by atoms with van der Waals surface area (Å²) < 4.78 is 2.17. The Labute approximate surface area is 147 Å². The van der Waals surface area contributed by atoms with Gasteiger partial charge in [0.25, 0.3) is 0 Å². The number of fused-ring (bicyclic) bond motifs is 1. The van der Waals surface area contributed by atoms with Crippen molar-refractivity contribution < 1.29 is 4.79 Å². The highest BCUT2D eigenvalue weighted by atomic mass is 16.1. The van der Waals surface area contributed by atoms with Crippen LogP contribution in [0.25, 0.3) is 11.0 Å². The maximum Gasteiger partial charge on any atom is 0.227 e. The van der Waals surface area contributed by atoms with Crippen LogP contribution >= 0.6 is 0 Å². The molecule has 25 heavy (non-hydrogen) atoms. The lowest BCUT2D eigenvalue weighted by Crippen LogP contribution is -2.32. The monoisotopic (exact) mass is 337 g/mol. The van der Waals surface area contributed by atoms with Crippen molar-refractivity contribution in [3.8, 4) is 0 Å². The first-order chi connectivity index (χ1) is 12.3. The third-order valence-electron chi connectivity index (χ3n) is 4.81. The van der Waals surface area contributed by atoms with Gasteiger partial charge in [0.1, 0.15) is 0 Å². The van der Waals surface area contributed by atoms with E-state index in [2.05, 4.69) is 31.6 Å². The molecule has 0 spiro atoms. The fraction of sp³-hybridized carbons (Fsp3) is 0.368. The number of aryl methyl sites for hydroxylation is 1. The Hall–Kier alpha value is -2.76. The molecule has 2 aliphatic rings. The van der Waals surface area contributed by atoms with Crippen LogP contribution in [-0.4, -0.2) is 28.7 Å². The minimum absolute atomic E-state index is 0.0660. The summed E-state index contributed by atoms with van der Waals surface area (Å²) in [6, 6.07) is 8.16. The summed E-state index contributed by atoms with van der Waals surface area (Å²) in [4.78, 5) is 16.7. The molecule has 0 bridgehead atoms. The molecule has 3 N–H and O–H groups in total. The summed E-state index contributed by atoms with van der Waals surface area (Å²) in [5.41, 5.74) is 4.47. The summed E-state index contributed by atoms with van der Waals surface area (Å²) in [6.07, 6.45) is 8.62. The van der Waals surface area contributed by atoms with Gasteiger partial charge in [0, 0.05) is 25.2 Å². The van der Waals surface area contributed by atoms with Gasteiger partial charge in [-0.3, -0.25) is 4.79 Å². The molecule has 1 aliphatic heterocycles. The number of hydrogen-bond donors (Lipinski definition) is 3. The minimum atomic E-state index is -0.0660. The highest BCUT2D eigenvalue weighted by molar-refractivity contribution is 5.81. The number of carbonyl (C=O) groups excluding carboxylic acids is 1. The van der Waals surface area contributed by atoms with Gasteiger partial charge in [0.15, 0.2) is 0 Å². The Bertz CT molecular complexity index is 835. The van der Waals surface area contributed by atoms with Crippen LogP contribution in [0.1, 0.15) is 19.3 Å². The first-order valence-corrected chi connectivity index (χ1v) is 8.88. The zero-order valence-corrected chi connectivity index (χ0v) is 14.2. The number of allylic oxidation sites excluding steroid dienone is 2. The van der Waals surface area contributed by atoms with Crippen LogP contribution in [0.2, 0.25) is 0 Å². The van der Waals surface area contributed by atoms with E-state index in [1.165, 1.54) is 5.52 Å². The molecule has 6 nitrogen and oxygen atoms in total. The van der Waals surface area contributed by atoms with Crippen molar-refractivity contribution in [2.45, 2.75) is 25.8 Å². The molecule has 1 aromatic carbocycles. The van der Waals surface area contributed by atoms with Crippen molar-refractivity contribution in [1.82, 2.24) is 25.5 Å². The van der Waals surface area contributed by atoms with Gasteiger partial charge in [-0.25, -0.2) is 4.98 Å². The molecule has 2 aromatic rings. The van der Waals surface area contributed by atoms with Gasteiger partial charge in [-0.2, -0.15) is 0 Å². The van der Waals surface area contributed by atoms with E-state index < -0.39 is 0 Å². The summed E-state index contributed by atoms with van der Waals surface area (Å²) in [5, 5.41) is 9.59. The number of para-hydroxylation sites is 2. The number of rotatable bonds is 6. The van der Waals surface area contributed by atoms with E-state index in [1.54, 1.807) is 0 Å². The second kappa shape index (κ2) is 7.01. The highest BCUT2D eigenvalue weighted by Gasteiger charge is 2.24. The van der Waals surface area contributed by atoms with Crippen LogP contribution in [0.5, 0.6) is 0 Å². The first-order valence-electron chi connectivity index (χ1n) is 8.88. The molecular weight excluding hydrogens is 314 g/mol. The molecule has 1 atom stereocenters. The predicted molar refractivity (Wildman–Crippen MR) is 97.4 cm³/mol. The van der Waals surface area contributed by atoms with Crippen molar-refractivity contribution in [3.05, 3.63) is 54.1 Å². The van der Waals surface area contributed by atoms with Gasteiger partial charge in [-0.1, -0.05) is 18.2 Å². The molecule has 1 amide bonds. The molecule has 1 unspecified atom stereocenters. The lowest BCUT2D eigenvalue weighted by Gasteiger charge is -2.17. The average molecular weight is 337 g/mol. The van der Waals surface area contributed by atoms with E-state index >= 15 is 0 Å². The molecule has 1 aromatic heterocycles. The summed E-state index contributed by atoms with van der Waals surface area (Å²) in [5.74, 6) is 0.0494. The van der Waals surface area contributed by atoms with E-state index in [9.17, 15) is 4.79 Å². The van der Waals surface area contributed by atoms with E-state index in [0.29, 0.717) is 6.54 Å².